The highest BCUT2D eigenvalue weighted by Crippen LogP contribution is 2.24. The van der Waals surface area contributed by atoms with Crippen molar-refractivity contribution in [2.45, 2.75) is 31.7 Å². The van der Waals surface area contributed by atoms with Gasteiger partial charge in [-0.05, 0) is 20.0 Å². The third kappa shape index (κ3) is 4.63. The largest absolute Gasteiger partial charge is 0.471 e. The standard InChI is InChI=1S/C14H16F4N4O2/c1-8(19-2)5-10-21-12(24-22-10)9-3-4-11(20-6-9)23-7-14(17,18)13(15)16/h3-4,6,8,13,19H,5,7H2,1-2H3. The molecule has 2 aromatic rings. The molecule has 1 unspecified atom stereocenters. The van der Waals surface area contributed by atoms with Gasteiger partial charge in [-0.15, -0.1) is 0 Å². The number of likely N-dealkylation sites (N-methyl/N-ethyl adjacent to an activating group) is 1. The van der Waals surface area contributed by atoms with Crippen LogP contribution in [0.25, 0.3) is 11.5 Å². The highest BCUT2D eigenvalue weighted by atomic mass is 19.3. The maximum absolute atomic E-state index is 12.8. The number of nitrogens with one attached hydrogen (secondary N) is 1. The van der Waals surface area contributed by atoms with E-state index in [0.717, 1.165) is 0 Å². The number of rotatable bonds is 8. The molecule has 1 atom stereocenters. The summed E-state index contributed by atoms with van der Waals surface area (Å²) in [5, 5.41) is 6.86. The van der Waals surface area contributed by atoms with Gasteiger partial charge in [-0.25, -0.2) is 13.8 Å². The van der Waals surface area contributed by atoms with E-state index in [9.17, 15) is 17.6 Å². The Hall–Kier alpha value is -2.23. The molecule has 10 heteroatoms. The summed E-state index contributed by atoms with van der Waals surface area (Å²) in [5.41, 5.74) is 0.457. The molecule has 0 amide bonds. The van der Waals surface area contributed by atoms with Crippen LogP contribution in [0.1, 0.15) is 12.7 Å². The molecule has 0 saturated heterocycles. The maximum atomic E-state index is 12.8. The molecule has 0 bridgehead atoms. The van der Waals surface area contributed by atoms with Crippen molar-refractivity contribution in [3.63, 3.8) is 0 Å². The molecule has 0 aliphatic heterocycles. The van der Waals surface area contributed by atoms with Crippen molar-refractivity contribution < 1.29 is 26.8 Å². The first kappa shape index (κ1) is 18.1. The molecule has 0 aliphatic carbocycles. The Kier molecular flexibility index (Phi) is 5.71. The van der Waals surface area contributed by atoms with Gasteiger partial charge >= 0.3 is 12.3 Å². The van der Waals surface area contributed by atoms with E-state index in [1.165, 1.54) is 18.3 Å². The Bertz CT molecular complexity index is 648. The number of halogens is 4. The van der Waals surface area contributed by atoms with Crippen molar-refractivity contribution in [3.8, 4) is 17.3 Å². The second-order valence-electron chi connectivity index (χ2n) is 5.15. The third-order valence-electron chi connectivity index (χ3n) is 3.16. The number of pyridine rings is 1. The lowest BCUT2D eigenvalue weighted by Gasteiger charge is -2.15. The van der Waals surface area contributed by atoms with Crippen LogP contribution in [-0.4, -0.2) is 47.2 Å². The number of aromatic nitrogens is 3. The minimum absolute atomic E-state index is 0.167. The van der Waals surface area contributed by atoms with Crippen molar-refractivity contribution >= 4 is 0 Å². The van der Waals surface area contributed by atoms with Crippen LogP contribution in [0.5, 0.6) is 5.88 Å². The fourth-order valence-electron chi connectivity index (χ4n) is 1.66. The Labute approximate surface area is 135 Å². The second kappa shape index (κ2) is 7.56. The molecule has 0 spiro atoms. The maximum Gasteiger partial charge on any atom is 0.340 e. The fraction of sp³-hybridized carbons (Fsp3) is 0.500. The van der Waals surface area contributed by atoms with Gasteiger partial charge in [0.25, 0.3) is 5.89 Å². The van der Waals surface area contributed by atoms with Crippen LogP contribution in [-0.2, 0) is 6.42 Å². The van der Waals surface area contributed by atoms with Crippen molar-refractivity contribution in [1.29, 1.82) is 0 Å². The monoisotopic (exact) mass is 348 g/mol. The Morgan fingerprint density at radius 3 is 2.67 bits per heavy atom. The Balaban J connectivity index is 1.99. The van der Waals surface area contributed by atoms with E-state index in [4.69, 9.17) is 4.52 Å². The zero-order valence-corrected chi connectivity index (χ0v) is 13.0. The molecule has 0 aromatic carbocycles. The first-order valence-corrected chi connectivity index (χ1v) is 7.07. The minimum Gasteiger partial charge on any atom is -0.471 e. The van der Waals surface area contributed by atoms with Gasteiger partial charge in [0.05, 0.1) is 5.56 Å². The summed E-state index contributed by atoms with van der Waals surface area (Å²) >= 11 is 0. The first-order chi connectivity index (χ1) is 11.3. The van der Waals surface area contributed by atoms with Crippen molar-refractivity contribution in [2.75, 3.05) is 13.7 Å². The molecule has 0 saturated carbocycles. The van der Waals surface area contributed by atoms with E-state index >= 15 is 0 Å². The summed E-state index contributed by atoms with van der Waals surface area (Å²) in [6, 6.07) is 2.89. The van der Waals surface area contributed by atoms with Gasteiger partial charge in [0.15, 0.2) is 12.4 Å². The van der Waals surface area contributed by atoms with E-state index in [1.54, 1.807) is 0 Å². The van der Waals surface area contributed by atoms with Crippen LogP contribution >= 0.6 is 0 Å². The quantitative estimate of drug-likeness (QED) is 0.739. The molecule has 132 valence electrons. The van der Waals surface area contributed by atoms with Gasteiger partial charge in [0.2, 0.25) is 5.88 Å². The highest BCUT2D eigenvalue weighted by molar-refractivity contribution is 5.51. The van der Waals surface area contributed by atoms with Crippen LogP contribution in [0, 0.1) is 0 Å². The van der Waals surface area contributed by atoms with E-state index < -0.39 is 19.0 Å². The second-order valence-corrected chi connectivity index (χ2v) is 5.15. The van der Waals surface area contributed by atoms with Gasteiger partial charge in [0, 0.05) is 24.7 Å². The molecule has 2 heterocycles. The molecule has 0 fully saturated rings. The number of ether oxygens (including phenoxy) is 1. The number of hydrogen-bond donors (Lipinski definition) is 1. The van der Waals surface area contributed by atoms with E-state index in [2.05, 4.69) is 25.2 Å². The fourth-order valence-corrected chi connectivity index (χ4v) is 1.66. The molecule has 0 aliphatic rings. The van der Waals surface area contributed by atoms with Gasteiger partial charge in [-0.2, -0.15) is 13.8 Å². The SMILES string of the molecule is CNC(C)Cc1noc(-c2ccc(OCC(F)(F)C(F)F)nc2)n1. The van der Waals surface area contributed by atoms with Gasteiger partial charge < -0.3 is 14.6 Å². The van der Waals surface area contributed by atoms with Crippen molar-refractivity contribution in [1.82, 2.24) is 20.4 Å². The summed E-state index contributed by atoms with van der Waals surface area (Å²) in [6.07, 6.45) is -1.96. The smallest absolute Gasteiger partial charge is 0.340 e. The lowest BCUT2D eigenvalue weighted by Crippen LogP contribution is -2.33. The molecule has 24 heavy (non-hydrogen) atoms. The molecular weight excluding hydrogens is 332 g/mol. The summed E-state index contributed by atoms with van der Waals surface area (Å²) in [4.78, 5) is 7.95. The molecule has 1 N–H and O–H groups in total. The van der Waals surface area contributed by atoms with E-state index in [-0.39, 0.29) is 17.8 Å². The predicted molar refractivity (Wildman–Crippen MR) is 76.2 cm³/mol. The zero-order chi connectivity index (χ0) is 17.7. The van der Waals surface area contributed by atoms with Crippen LogP contribution < -0.4 is 10.1 Å². The van der Waals surface area contributed by atoms with E-state index in [0.29, 0.717) is 17.8 Å². The van der Waals surface area contributed by atoms with Gasteiger partial charge in [-0.1, -0.05) is 5.16 Å². The Morgan fingerprint density at radius 1 is 1.33 bits per heavy atom. The lowest BCUT2D eigenvalue weighted by atomic mass is 10.2. The Morgan fingerprint density at radius 2 is 2.08 bits per heavy atom. The van der Waals surface area contributed by atoms with Crippen LogP contribution in [0.4, 0.5) is 17.6 Å². The number of hydrogen-bond acceptors (Lipinski definition) is 6. The minimum atomic E-state index is -4.23. The normalized spacial score (nSPS) is 13.3. The van der Waals surface area contributed by atoms with Crippen molar-refractivity contribution in [3.05, 3.63) is 24.2 Å². The number of nitrogens with zero attached hydrogens (tertiary/aromatic N) is 3. The molecule has 6 nitrogen and oxygen atoms in total. The summed E-state index contributed by atoms with van der Waals surface area (Å²) in [6.45, 7) is 0.503. The van der Waals surface area contributed by atoms with Gasteiger partial charge in [0.1, 0.15) is 0 Å². The summed E-state index contributed by atoms with van der Waals surface area (Å²) in [5.74, 6) is -3.72. The zero-order valence-electron chi connectivity index (χ0n) is 13.0. The molecule has 0 radical (unpaired) electrons. The molecule has 2 aromatic heterocycles. The average molecular weight is 348 g/mol. The summed E-state index contributed by atoms with van der Waals surface area (Å²) < 4.78 is 59.3. The third-order valence-corrected chi connectivity index (χ3v) is 3.16. The topological polar surface area (TPSA) is 73.1 Å². The summed E-state index contributed by atoms with van der Waals surface area (Å²) in [7, 11) is 1.81. The average Bonchev–Trinajstić information content (AvgIpc) is 3.01. The van der Waals surface area contributed by atoms with Gasteiger partial charge in [-0.3, -0.25) is 0 Å². The van der Waals surface area contributed by atoms with Crippen LogP contribution in [0.2, 0.25) is 0 Å². The molecular formula is C14H16F4N4O2. The predicted octanol–water partition coefficient (Wildman–Crippen LogP) is 2.56. The number of alkyl halides is 4. The lowest BCUT2D eigenvalue weighted by molar-refractivity contribution is -0.148. The van der Waals surface area contributed by atoms with Crippen LogP contribution in [0.15, 0.2) is 22.9 Å². The van der Waals surface area contributed by atoms with Crippen molar-refractivity contribution in [2.24, 2.45) is 0 Å². The highest BCUT2D eigenvalue weighted by Gasteiger charge is 2.41. The van der Waals surface area contributed by atoms with Crippen LogP contribution in [0.3, 0.4) is 0 Å². The molecule has 2 rings (SSSR count). The van der Waals surface area contributed by atoms with E-state index in [1.807, 2.05) is 14.0 Å². The first-order valence-electron chi connectivity index (χ1n) is 7.07.